The molecule has 2 N–H and O–H groups in total. The Morgan fingerprint density at radius 3 is 2.31 bits per heavy atom. The lowest BCUT2D eigenvalue weighted by Gasteiger charge is -2.26. The number of ether oxygens (including phenoxy) is 1. The van der Waals surface area contributed by atoms with E-state index in [0.717, 1.165) is 66.7 Å². The van der Waals surface area contributed by atoms with E-state index in [-0.39, 0.29) is 29.8 Å². The van der Waals surface area contributed by atoms with Gasteiger partial charge in [0, 0.05) is 42.0 Å². The quantitative estimate of drug-likeness (QED) is 0.487. The molecule has 0 atom stereocenters. The number of hydrogen-bond acceptors (Lipinski definition) is 6. The second-order valence-corrected chi connectivity index (χ2v) is 9.66. The van der Waals surface area contributed by atoms with E-state index in [2.05, 4.69) is 20.6 Å². The predicted molar refractivity (Wildman–Crippen MR) is 138 cm³/mol. The average molecular weight is 486 g/mol. The third-order valence-corrected chi connectivity index (χ3v) is 7.01. The highest BCUT2D eigenvalue weighted by molar-refractivity contribution is 5.94. The molecule has 8 heteroatoms. The second kappa shape index (κ2) is 10.5. The van der Waals surface area contributed by atoms with Crippen LogP contribution in [0.25, 0.3) is 22.5 Å². The van der Waals surface area contributed by atoms with Crippen molar-refractivity contribution in [2.75, 3.05) is 17.7 Å². The van der Waals surface area contributed by atoms with Gasteiger partial charge in [-0.1, -0.05) is 6.07 Å². The summed E-state index contributed by atoms with van der Waals surface area (Å²) in [5, 5.41) is 5.94. The molecule has 0 aliphatic heterocycles. The molecular formula is C28H31N5O3. The normalized spacial score (nSPS) is 19.5. The maximum Gasteiger partial charge on any atom is 0.228 e. The van der Waals surface area contributed by atoms with E-state index in [1.54, 1.807) is 19.5 Å². The third kappa shape index (κ3) is 5.60. The molecule has 2 fully saturated rings. The van der Waals surface area contributed by atoms with Crippen LogP contribution in [0, 0.1) is 18.8 Å². The molecule has 0 saturated heterocycles. The fraction of sp³-hybridized carbons (Fsp3) is 0.393. The minimum absolute atomic E-state index is 0.0103. The maximum absolute atomic E-state index is 12.9. The maximum atomic E-state index is 12.9. The van der Waals surface area contributed by atoms with Crippen molar-refractivity contribution >= 4 is 23.3 Å². The molecule has 186 valence electrons. The van der Waals surface area contributed by atoms with Crippen LogP contribution in [-0.4, -0.2) is 40.0 Å². The van der Waals surface area contributed by atoms with Crippen LogP contribution >= 0.6 is 0 Å². The van der Waals surface area contributed by atoms with Crippen molar-refractivity contribution in [3.8, 4) is 22.5 Å². The van der Waals surface area contributed by atoms with Crippen molar-refractivity contribution in [1.82, 2.24) is 15.0 Å². The van der Waals surface area contributed by atoms with Gasteiger partial charge in [-0.25, -0.2) is 9.97 Å². The smallest absolute Gasteiger partial charge is 0.228 e. The number of carbonyl (C=O) groups is 2. The molecule has 0 spiro atoms. The summed E-state index contributed by atoms with van der Waals surface area (Å²) in [5.74, 6) is 0.678. The molecule has 3 aromatic rings. The van der Waals surface area contributed by atoms with Gasteiger partial charge in [-0.2, -0.15) is 0 Å². The Morgan fingerprint density at radius 1 is 0.889 bits per heavy atom. The van der Waals surface area contributed by atoms with Crippen LogP contribution in [0.2, 0.25) is 0 Å². The summed E-state index contributed by atoms with van der Waals surface area (Å²) in [6.45, 7) is 1.93. The molecule has 2 aliphatic carbocycles. The van der Waals surface area contributed by atoms with Gasteiger partial charge in [0.2, 0.25) is 11.8 Å². The van der Waals surface area contributed by atoms with Gasteiger partial charge in [-0.05, 0) is 75.8 Å². The van der Waals surface area contributed by atoms with E-state index in [9.17, 15) is 9.59 Å². The van der Waals surface area contributed by atoms with Crippen LogP contribution in [0.5, 0.6) is 0 Å². The van der Waals surface area contributed by atoms with Crippen molar-refractivity contribution in [2.45, 2.75) is 51.6 Å². The molecule has 5 rings (SSSR count). The Kier molecular flexibility index (Phi) is 7.04. The Morgan fingerprint density at radius 2 is 1.58 bits per heavy atom. The highest BCUT2D eigenvalue weighted by Crippen LogP contribution is 2.31. The van der Waals surface area contributed by atoms with Gasteiger partial charge in [-0.15, -0.1) is 0 Å². The molecule has 0 radical (unpaired) electrons. The third-order valence-electron chi connectivity index (χ3n) is 7.01. The minimum Gasteiger partial charge on any atom is -0.381 e. The molecule has 3 heterocycles. The molecule has 0 bridgehead atoms. The first-order valence-corrected chi connectivity index (χ1v) is 12.5. The first kappa shape index (κ1) is 24.1. The Labute approximate surface area is 210 Å². The number of amides is 2. The van der Waals surface area contributed by atoms with E-state index in [0.29, 0.717) is 11.5 Å². The molecule has 0 unspecified atom stereocenters. The minimum atomic E-state index is -0.0103. The number of nitrogens with one attached hydrogen (secondary N) is 2. The summed E-state index contributed by atoms with van der Waals surface area (Å²) in [6.07, 6.45) is 8.98. The molecule has 36 heavy (non-hydrogen) atoms. The molecule has 2 aliphatic rings. The van der Waals surface area contributed by atoms with Gasteiger partial charge in [0.25, 0.3) is 0 Å². The Balaban J connectivity index is 1.33. The lowest BCUT2D eigenvalue weighted by atomic mass is 9.87. The number of pyridine rings is 3. The van der Waals surface area contributed by atoms with Crippen molar-refractivity contribution in [1.29, 1.82) is 0 Å². The molecular weight excluding hydrogens is 454 g/mol. The summed E-state index contributed by atoms with van der Waals surface area (Å²) in [5.41, 5.74) is 4.73. The number of methoxy groups -OCH3 is 1. The van der Waals surface area contributed by atoms with E-state index < -0.39 is 0 Å². The van der Waals surface area contributed by atoms with Crippen molar-refractivity contribution in [2.24, 2.45) is 11.8 Å². The fourth-order valence-corrected chi connectivity index (χ4v) is 4.64. The second-order valence-electron chi connectivity index (χ2n) is 9.66. The van der Waals surface area contributed by atoms with Crippen molar-refractivity contribution in [3.05, 3.63) is 54.5 Å². The Hall–Kier alpha value is -3.65. The molecule has 8 nitrogen and oxygen atoms in total. The number of hydrogen-bond donors (Lipinski definition) is 2. The van der Waals surface area contributed by atoms with E-state index in [1.165, 1.54) is 0 Å². The number of carbonyl (C=O) groups excluding carboxylic acids is 2. The van der Waals surface area contributed by atoms with Gasteiger partial charge in [0.1, 0.15) is 5.82 Å². The zero-order valence-corrected chi connectivity index (χ0v) is 20.7. The van der Waals surface area contributed by atoms with Crippen LogP contribution in [0.1, 0.15) is 44.2 Å². The van der Waals surface area contributed by atoms with Crippen molar-refractivity contribution < 1.29 is 14.3 Å². The number of nitrogens with zero attached hydrogens (tertiary/aromatic N) is 3. The van der Waals surface area contributed by atoms with E-state index in [4.69, 9.17) is 9.72 Å². The summed E-state index contributed by atoms with van der Waals surface area (Å²) in [6, 6.07) is 11.4. The number of anilines is 2. The van der Waals surface area contributed by atoms with Gasteiger partial charge in [0.15, 0.2) is 0 Å². The fourth-order valence-electron chi connectivity index (χ4n) is 4.64. The van der Waals surface area contributed by atoms with Gasteiger partial charge in [-0.3, -0.25) is 14.6 Å². The summed E-state index contributed by atoms with van der Waals surface area (Å²) >= 11 is 0. The van der Waals surface area contributed by atoms with Crippen LogP contribution in [-0.2, 0) is 14.3 Å². The lowest BCUT2D eigenvalue weighted by molar-refractivity contribution is -0.121. The van der Waals surface area contributed by atoms with Crippen LogP contribution in [0.4, 0.5) is 11.5 Å². The molecule has 2 amide bonds. The molecule has 0 aromatic carbocycles. The highest BCUT2D eigenvalue weighted by atomic mass is 16.5. The van der Waals surface area contributed by atoms with Crippen LogP contribution in [0.15, 0.2) is 48.8 Å². The number of aryl methyl sites for hydroxylation is 1. The Bertz CT molecular complexity index is 1270. The monoisotopic (exact) mass is 485 g/mol. The average Bonchev–Trinajstić information content (AvgIpc) is 3.76. The first-order chi connectivity index (χ1) is 17.5. The first-order valence-electron chi connectivity index (χ1n) is 12.5. The zero-order valence-electron chi connectivity index (χ0n) is 20.7. The molecule has 2 saturated carbocycles. The van der Waals surface area contributed by atoms with Crippen LogP contribution in [0.3, 0.4) is 0 Å². The van der Waals surface area contributed by atoms with Gasteiger partial charge in [0.05, 0.1) is 29.4 Å². The summed E-state index contributed by atoms with van der Waals surface area (Å²) in [4.78, 5) is 38.6. The number of rotatable bonds is 7. The topological polar surface area (TPSA) is 106 Å². The molecule has 3 aromatic heterocycles. The highest BCUT2D eigenvalue weighted by Gasteiger charge is 2.30. The van der Waals surface area contributed by atoms with Crippen LogP contribution < -0.4 is 10.6 Å². The largest absolute Gasteiger partial charge is 0.381 e. The van der Waals surface area contributed by atoms with Gasteiger partial charge >= 0.3 is 0 Å². The van der Waals surface area contributed by atoms with Crippen molar-refractivity contribution in [3.63, 3.8) is 0 Å². The van der Waals surface area contributed by atoms with E-state index in [1.807, 2.05) is 43.3 Å². The summed E-state index contributed by atoms with van der Waals surface area (Å²) < 4.78 is 5.42. The predicted octanol–water partition coefficient (Wildman–Crippen LogP) is 5.01. The zero-order chi connectivity index (χ0) is 25.1. The summed E-state index contributed by atoms with van der Waals surface area (Å²) in [7, 11) is 1.73. The standard InChI is InChI=1S/C28H31N5O3/c1-17-23(15-21(16-30-17)31-27(34)19-8-10-22(36-2)11-9-19)25-5-3-4-24(32-25)20-12-13-29-26(14-20)33-28(35)18-6-7-18/h3-5,12-16,18-19,22H,6-11H2,1-2H3,(H,31,34)(H,29,33,35)/t19-,22-. The number of aromatic nitrogens is 3. The SMILES string of the molecule is CO[C@H]1CC[C@H](C(=O)Nc2cnc(C)c(-c3cccc(-c4ccnc(NC(=O)C5CC5)c4)n3)c2)CC1. The van der Waals surface area contributed by atoms with E-state index >= 15 is 0 Å². The lowest BCUT2D eigenvalue weighted by Crippen LogP contribution is -2.29. The van der Waals surface area contributed by atoms with Gasteiger partial charge < -0.3 is 15.4 Å².